The third-order valence-electron chi connectivity index (χ3n) is 3.68. The van der Waals surface area contributed by atoms with E-state index in [-0.39, 0.29) is 17.8 Å². The first-order valence-electron chi connectivity index (χ1n) is 7.00. The second-order valence-corrected chi connectivity index (χ2v) is 5.17. The predicted molar refractivity (Wildman–Crippen MR) is 85.0 cm³/mol. The molecule has 3 rings (SSSR count). The third kappa shape index (κ3) is 2.94. The highest BCUT2D eigenvalue weighted by atomic mass is 19.1. The van der Waals surface area contributed by atoms with Crippen molar-refractivity contribution < 1.29 is 14.1 Å². The summed E-state index contributed by atoms with van der Waals surface area (Å²) in [6.07, 6.45) is -0.216. The molecule has 5 heteroatoms. The summed E-state index contributed by atoms with van der Waals surface area (Å²) >= 11 is 0. The summed E-state index contributed by atoms with van der Waals surface area (Å²) in [6.45, 7) is 0. The van der Waals surface area contributed by atoms with E-state index in [1.54, 1.807) is 12.1 Å². The van der Waals surface area contributed by atoms with E-state index >= 15 is 0 Å². The maximum atomic E-state index is 13.6. The lowest BCUT2D eigenvalue weighted by Gasteiger charge is -2.05. The van der Waals surface area contributed by atoms with Crippen LogP contribution < -0.4 is 0 Å². The predicted octanol–water partition coefficient (Wildman–Crippen LogP) is 4.31. The molecule has 0 bridgehead atoms. The molecule has 0 fully saturated rings. The van der Waals surface area contributed by atoms with Gasteiger partial charge in [0.15, 0.2) is 5.78 Å². The number of carbonyl (C=O) groups excluding carboxylic acids is 1. The Kier molecular flexibility index (Phi) is 3.85. The topological polar surface area (TPSA) is 60.2 Å². The minimum Gasteiger partial charge on any atom is -0.294 e. The number of hydrogen-bond acceptors (Lipinski definition) is 3. The van der Waals surface area contributed by atoms with Gasteiger partial charge >= 0.3 is 5.69 Å². The lowest BCUT2D eigenvalue weighted by atomic mass is 9.99. The Bertz CT molecular complexity index is 921. The number of benzene rings is 3. The molecule has 0 unspecified atom stereocenters. The zero-order valence-corrected chi connectivity index (χ0v) is 12.0. The number of nitro groups is 1. The van der Waals surface area contributed by atoms with Crippen LogP contribution >= 0.6 is 0 Å². The first kappa shape index (κ1) is 14.8. The number of ketones is 1. The standard InChI is InChI=1S/C18H12FNO3/c19-16-7-3-6-15(18(16)20(22)23)11-17(21)14-9-8-12-4-1-2-5-13(12)10-14/h1-10H,11H2. The van der Waals surface area contributed by atoms with Crippen molar-refractivity contribution in [3.05, 3.63) is 87.7 Å². The number of halogens is 1. The van der Waals surface area contributed by atoms with E-state index in [0.29, 0.717) is 5.56 Å². The minimum atomic E-state index is -0.932. The van der Waals surface area contributed by atoms with Crippen molar-refractivity contribution in [1.29, 1.82) is 0 Å². The van der Waals surface area contributed by atoms with Crippen molar-refractivity contribution in [2.75, 3.05) is 0 Å². The molecule has 0 saturated carbocycles. The van der Waals surface area contributed by atoms with Gasteiger partial charge in [0.2, 0.25) is 5.82 Å². The monoisotopic (exact) mass is 309 g/mol. The lowest BCUT2D eigenvalue weighted by Crippen LogP contribution is -2.07. The second-order valence-electron chi connectivity index (χ2n) is 5.17. The van der Waals surface area contributed by atoms with Gasteiger partial charge in [-0.1, -0.05) is 48.5 Å². The van der Waals surface area contributed by atoms with Gasteiger partial charge in [-0.05, 0) is 22.9 Å². The van der Waals surface area contributed by atoms with Crippen LogP contribution in [0.25, 0.3) is 10.8 Å². The van der Waals surface area contributed by atoms with E-state index < -0.39 is 16.4 Å². The van der Waals surface area contributed by atoms with E-state index in [9.17, 15) is 19.3 Å². The Balaban J connectivity index is 1.95. The maximum absolute atomic E-state index is 13.6. The highest BCUT2D eigenvalue weighted by Gasteiger charge is 2.22. The molecule has 3 aromatic rings. The molecule has 0 aliphatic carbocycles. The fourth-order valence-electron chi connectivity index (χ4n) is 2.54. The van der Waals surface area contributed by atoms with Crippen molar-refractivity contribution >= 4 is 22.2 Å². The highest BCUT2D eigenvalue weighted by Crippen LogP contribution is 2.24. The Labute approximate surface area is 131 Å². The molecule has 4 nitrogen and oxygen atoms in total. The van der Waals surface area contributed by atoms with E-state index in [2.05, 4.69) is 0 Å². The number of rotatable bonds is 4. The van der Waals surface area contributed by atoms with Gasteiger partial charge in [-0.25, -0.2) is 0 Å². The first-order chi connectivity index (χ1) is 11.1. The van der Waals surface area contributed by atoms with Gasteiger partial charge in [-0.2, -0.15) is 4.39 Å². The number of para-hydroxylation sites is 1. The van der Waals surface area contributed by atoms with Crippen LogP contribution in [0.1, 0.15) is 15.9 Å². The molecule has 0 heterocycles. The van der Waals surface area contributed by atoms with Crippen LogP contribution in [0.3, 0.4) is 0 Å². The van der Waals surface area contributed by atoms with E-state index in [0.717, 1.165) is 16.8 Å². The zero-order chi connectivity index (χ0) is 16.4. The number of hydrogen-bond donors (Lipinski definition) is 0. The summed E-state index contributed by atoms with van der Waals surface area (Å²) in [4.78, 5) is 22.6. The number of nitrogens with zero attached hydrogens (tertiary/aromatic N) is 1. The van der Waals surface area contributed by atoms with Crippen LogP contribution in [0, 0.1) is 15.9 Å². The van der Waals surface area contributed by atoms with Crippen LogP contribution in [0.2, 0.25) is 0 Å². The Morgan fingerprint density at radius 1 is 1.00 bits per heavy atom. The molecule has 114 valence electrons. The van der Waals surface area contributed by atoms with Crippen LogP contribution in [0.15, 0.2) is 60.7 Å². The molecule has 0 saturated heterocycles. The van der Waals surface area contributed by atoms with Crippen LogP contribution in [0.4, 0.5) is 10.1 Å². The zero-order valence-electron chi connectivity index (χ0n) is 12.0. The third-order valence-corrected chi connectivity index (χ3v) is 3.68. The smallest absolute Gasteiger partial charge is 0.294 e. The van der Waals surface area contributed by atoms with Crippen LogP contribution in [-0.4, -0.2) is 10.7 Å². The second kappa shape index (κ2) is 5.96. The summed E-state index contributed by atoms with van der Waals surface area (Å²) in [5.41, 5.74) is -0.114. The molecular formula is C18H12FNO3. The molecule has 0 radical (unpaired) electrons. The molecular weight excluding hydrogens is 297 g/mol. The normalized spacial score (nSPS) is 10.7. The van der Waals surface area contributed by atoms with Crippen molar-refractivity contribution in [3.63, 3.8) is 0 Å². The van der Waals surface area contributed by atoms with Gasteiger partial charge in [-0.15, -0.1) is 0 Å². The number of fused-ring (bicyclic) bond motifs is 1. The Hall–Kier alpha value is -3.08. The maximum Gasteiger partial charge on any atom is 0.308 e. The molecule has 0 aromatic heterocycles. The van der Waals surface area contributed by atoms with E-state index in [4.69, 9.17) is 0 Å². The Morgan fingerprint density at radius 3 is 2.48 bits per heavy atom. The molecule has 0 aliphatic heterocycles. The van der Waals surface area contributed by atoms with Crippen molar-refractivity contribution in [3.8, 4) is 0 Å². The van der Waals surface area contributed by atoms with Crippen molar-refractivity contribution in [2.24, 2.45) is 0 Å². The lowest BCUT2D eigenvalue weighted by molar-refractivity contribution is -0.388. The summed E-state index contributed by atoms with van der Waals surface area (Å²) < 4.78 is 13.6. The van der Waals surface area contributed by atoms with Crippen LogP contribution in [0.5, 0.6) is 0 Å². The van der Waals surface area contributed by atoms with Crippen LogP contribution in [-0.2, 0) is 6.42 Å². The summed E-state index contributed by atoms with van der Waals surface area (Å²) in [5.74, 6) is -1.22. The summed E-state index contributed by atoms with van der Waals surface area (Å²) in [5, 5.41) is 12.9. The van der Waals surface area contributed by atoms with Crippen molar-refractivity contribution in [1.82, 2.24) is 0 Å². The highest BCUT2D eigenvalue weighted by molar-refractivity contribution is 6.01. The quantitative estimate of drug-likeness (QED) is 0.410. The number of nitro benzene ring substituents is 1. The van der Waals surface area contributed by atoms with Gasteiger partial charge in [0.1, 0.15) is 0 Å². The van der Waals surface area contributed by atoms with Gasteiger partial charge in [0.25, 0.3) is 0 Å². The molecule has 23 heavy (non-hydrogen) atoms. The molecule has 0 atom stereocenters. The fourth-order valence-corrected chi connectivity index (χ4v) is 2.54. The van der Waals surface area contributed by atoms with Gasteiger partial charge in [-0.3, -0.25) is 14.9 Å². The largest absolute Gasteiger partial charge is 0.308 e. The van der Waals surface area contributed by atoms with E-state index in [1.807, 2.05) is 30.3 Å². The van der Waals surface area contributed by atoms with Gasteiger partial charge < -0.3 is 0 Å². The number of carbonyl (C=O) groups is 1. The van der Waals surface area contributed by atoms with E-state index in [1.165, 1.54) is 12.1 Å². The fraction of sp³-hybridized carbons (Fsp3) is 0.0556. The average molecular weight is 309 g/mol. The molecule has 0 aliphatic rings. The Morgan fingerprint density at radius 2 is 1.74 bits per heavy atom. The molecule has 3 aromatic carbocycles. The molecule has 0 amide bonds. The summed E-state index contributed by atoms with van der Waals surface area (Å²) in [7, 11) is 0. The van der Waals surface area contributed by atoms with Crippen molar-refractivity contribution in [2.45, 2.75) is 6.42 Å². The van der Waals surface area contributed by atoms with Gasteiger partial charge in [0.05, 0.1) is 4.92 Å². The summed E-state index contributed by atoms with van der Waals surface area (Å²) in [6, 6.07) is 16.6. The number of Topliss-reactive ketones (excluding diaryl/α,β-unsaturated/α-hetero) is 1. The first-order valence-corrected chi connectivity index (χ1v) is 7.00. The minimum absolute atomic E-state index is 0.0770. The SMILES string of the molecule is O=C(Cc1cccc(F)c1[N+](=O)[O-])c1ccc2ccccc2c1. The molecule has 0 spiro atoms. The van der Waals surface area contributed by atoms with Gasteiger partial charge in [0, 0.05) is 17.5 Å². The average Bonchev–Trinajstić information content (AvgIpc) is 2.54. The molecule has 0 N–H and O–H groups in total.